The molecule has 4 nitrogen and oxygen atoms in total. The van der Waals surface area contributed by atoms with Crippen LogP contribution < -0.4 is 5.56 Å². The van der Waals surface area contributed by atoms with E-state index in [1.807, 2.05) is 0 Å². The average Bonchev–Trinajstić information content (AvgIpc) is 2.18. The summed E-state index contributed by atoms with van der Waals surface area (Å²) in [5.74, 6) is -0.155. The lowest BCUT2D eigenvalue weighted by Crippen LogP contribution is -2.12. The first-order chi connectivity index (χ1) is 6.70. The highest BCUT2D eigenvalue weighted by molar-refractivity contribution is 6.04. The van der Waals surface area contributed by atoms with Crippen molar-refractivity contribution in [1.82, 2.24) is 10.2 Å². The number of ketones is 1. The summed E-state index contributed by atoms with van der Waals surface area (Å²) in [6.07, 6.45) is 0. The van der Waals surface area contributed by atoms with Crippen LogP contribution >= 0.6 is 0 Å². The smallest absolute Gasteiger partial charge is 0.272 e. The Labute approximate surface area is 79.6 Å². The van der Waals surface area contributed by atoms with E-state index < -0.39 is 0 Å². The summed E-state index contributed by atoms with van der Waals surface area (Å²) < 4.78 is 0. The van der Waals surface area contributed by atoms with Crippen molar-refractivity contribution in [3.05, 3.63) is 40.3 Å². The van der Waals surface area contributed by atoms with E-state index in [9.17, 15) is 9.59 Å². The maximum atomic E-state index is 11.3. The normalized spacial score (nSPS) is 10.4. The third kappa shape index (κ3) is 1.21. The molecule has 0 aliphatic rings. The minimum Gasteiger partial charge on any atom is -0.293 e. The van der Waals surface area contributed by atoms with Crippen LogP contribution in [-0.2, 0) is 0 Å². The van der Waals surface area contributed by atoms with Gasteiger partial charge in [0.2, 0.25) is 0 Å². The Kier molecular flexibility index (Phi) is 1.89. The van der Waals surface area contributed by atoms with Gasteiger partial charge in [0.1, 0.15) is 5.69 Å². The van der Waals surface area contributed by atoms with Crippen LogP contribution in [0.3, 0.4) is 0 Å². The molecule has 0 spiro atoms. The zero-order valence-corrected chi connectivity index (χ0v) is 7.57. The topological polar surface area (TPSA) is 62.8 Å². The predicted octanol–water partition coefficient (Wildman–Crippen LogP) is 1.13. The van der Waals surface area contributed by atoms with Crippen molar-refractivity contribution in [1.29, 1.82) is 0 Å². The number of hydrogen-bond acceptors (Lipinski definition) is 3. The van der Waals surface area contributed by atoms with Gasteiger partial charge in [0.15, 0.2) is 5.78 Å². The van der Waals surface area contributed by atoms with Crippen molar-refractivity contribution < 1.29 is 4.79 Å². The van der Waals surface area contributed by atoms with Crippen molar-refractivity contribution in [2.24, 2.45) is 0 Å². The zero-order chi connectivity index (χ0) is 10.1. The number of benzene rings is 1. The monoisotopic (exact) mass is 188 g/mol. The molecule has 2 rings (SSSR count). The summed E-state index contributed by atoms with van der Waals surface area (Å²) in [6.45, 7) is 1.42. The lowest BCUT2D eigenvalue weighted by Gasteiger charge is -1.99. The maximum absolute atomic E-state index is 11.3. The largest absolute Gasteiger partial charge is 0.293 e. The number of carbonyl (C=O) groups is 1. The van der Waals surface area contributed by atoms with Crippen LogP contribution in [0.5, 0.6) is 0 Å². The second-order valence-electron chi connectivity index (χ2n) is 3.00. The van der Waals surface area contributed by atoms with Gasteiger partial charge < -0.3 is 0 Å². The number of nitrogens with zero attached hydrogens (tertiary/aromatic N) is 1. The lowest BCUT2D eigenvalue weighted by atomic mass is 10.1. The number of Topliss-reactive ketones (excluding diaryl/α,β-unsaturated/α-hetero) is 1. The Balaban J connectivity index is 2.96. The van der Waals surface area contributed by atoms with Crippen molar-refractivity contribution in [3.63, 3.8) is 0 Å². The van der Waals surface area contributed by atoms with Gasteiger partial charge in [-0.15, -0.1) is 0 Å². The molecule has 0 fully saturated rings. The van der Waals surface area contributed by atoms with E-state index >= 15 is 0 Å². The van der Waals surface area contributed by atoms with Crippen molar-refractivity contribution >= 4 is 16.6 Å². The fourth-order valence-electron chi connectivity index (χ4n) is 1.38. The van der Waals surface area contributed by atoms with Gasteiger partial charge >= 0.3 is 0 Å². The molecule has 0 amide bonds. The molecule has 1 aromatic heterocycles. The molecule has 1 heterocycles. The molecule has 0 saturated heterocycles. The van der Waals surface area contributed by atoms with Crippen LogP contribution in [0.15, 0.2) is 29.1 Å². The molecule has 2 aromatic rings. The zero-order valence-electron chi connectivity index (χ0n) is 7.57. The number of fused-ring (bicyclic) bond motifs is 1. The van der Waals surface area contributed by atoms with E-state index in [-0.39, 0.29) is 11.3 Å². The Morgan fingerprint density at radius 2 is 1.93 bits per heavy atom. The average molecular weight is 188 g/mol. The van der Waals surface area contributed by atoms with Gasteiger partial charge in [-0.2, -0.15) is 5.10 Å². The number of aromatic amines is 1. The number of H-pyrrole nitrogens is 1. The Hall–Kier alpha value is -1.97. The highest BCUT2D eigenvalue weighted by atomic mass is 16.1. The number of hydrogen-bond donors (Lipinski definition) is 1. The first-order valence-corrected chi connectivity index (χ1v) is 4.18. The summed E-state index contributed by atoms with van der Waals surface area (Å²) in [4.78, 5) is 22.5. The Morgan fingerprint density at radius 3 is 2.57 bits per heavy atom. The summed E-state index contributed by atoms with van der Waals surface area (Å²) in [5.41, 5.74) is 0.0331. The first kappa shape index (κ1) is 8.62. The summed E-state index contributed by atoms with van der Waals surface area (Å²) in [5, 5.41) is 7.11. The van der Waals surface area contributed by atoms with Crippen LogP contribution in [-0.4, -0.2) is 16.0 Å². The minimum absolute atomic E-state index is 0.155. The van der Waals surface area contributed by atoms with Crippen molar-refractivity contribution in [3.8, 4) is 0 Å². The molecular weight excluding hydrogens is 180 g/mol. The lowest BCUT2D eigenvalue weighted by molar-refractivity contribution is 0.101. The molecule has 0 aliphatic carbocycles. The second-order valence-corrected chi connectivity index (χ2v) is 3.00. The molecule has 14 heavy (non-hydrogen) atoms. The van der Waals surface area contributed by atoms with Crippen LogP contribution in [0.4, 0.5) is 0 Å². The van der Waals surface area contributed by atoms with Crippen molar-refractivity contribution in [2.75, 3.05) is 0 Å². The molecular formula is C10H8N2O2. The van der Waals surface area contributed by atoms with E-state index in [0.29, 0.717) is 16.5 Å². The van der Waals surface area contributed by atoms with Crippen molar-refractivity contribution in [2.45, 2.75) is 6.92 Å². The Bertz CT molecular complexity index is 557. The second kappa shape index (κ2) is 3.06. The highest BCUT2D eigenvalue weighted by Gasteiger charge is 2.08. The summed E-state index contributed by atoms with van der Waals surface area (Å²) >= 11 is 0. The van der Waals surface area contributed by atoms with Crippen LogP contribution in [0.1, 0.15) is 17.4 Å². The van der Waals surface area contributed by atoms with Crippen LogP contribution in [0, 0.1) is 0 Å². The molecule has 70 valence electrons. The minimum atomic E-state index is -0.273. The van der Waals surface area contributed by atoms with Gasteiger partial charge in [-0.1, -0.05) is 18.2 Å². The maximum Gasteiger partial charge on any atom is 0.272 e. The number of rotatable bonds is 1. The van der Waals surface area contributed by atoms with Gasteiger partial charge in [-0.25, -0.2) is 5.10 Å². The molecule has 1 aromatic carbocycles. The molecule has 0 saturated carbocycles. The SMILES string of the molecule is CC(=O)c1n[nH]c(=O)c2ccccc12. The molecule has 0 atom stereocenters. The third-order valence-corrected chi connectivity index (χ3v) is 2.03. The van der Waals surface area contributed by atoms with Gasteiger partial charge in [0.05, 0.1) is 5.39 Å². The fraction of sp³-hybridized carbons (Fsp3) is 0.100. The third-order valence-electron chi connectivity index (χ3n) is 2.03. The van der Waals surface area contributed by atoms with Crippen LogP contribution in [0.25, 0.3) is 10.8 Å². The van der Waals surface area contributed by atoms with E-state index in [4.69, 9.17) is 0 Å². The number of aromatic nitrogens is 2. The molecule has 0 unspecified atom stereocenters. The quantitative estimate of drug-likeness (QED) is 0.682. The van der Waals surface area contributed by atoms with E-state index in [1.165, 1.54) is 6.92 Å². The van der Waals surface area contributed by atoms with Crippen LogP contribution in [0.2, 0.25) is 0 Å². The molecule has 0 aliphatic heterocycles. The fourth-order valence-corrected chi connectivity index (χ4v) is 1.38. The molecule has 0 radical (unpaired) electrons. The first-order valence-electron chi connectivity index (χ1n) is 4.18. The number of nitrogens with one attached hydrogen (secondary N) is 1. The van der Waals surface area contributed by atoms with Gasteiger partial charge in [-0.3, -0.25) is 9.59 Å². The van der Waals surface area contributed by atoms with E-state index in [2.05, 4.69) is 10.2 Å². The number of carbonyl (C=O) groups excluding carboxylic acids is 1. The van der Waals surface area contributed by atoms with Gasteiger partial charge in [-0.05, 0) is 6.07 Å². The Morgan fingerprint density at radius 1 is 1.29 bits per heavy atom. The molecule has 1 N–H and O–H groups in total. The van der Waals surface area contributed by atoms with E-state index in [0.717, 1.165) is 0 Å². The van der Waals surface area contributed by atoms with E-state index in [1.54, 1.807) is 24.3 Å². The molecule has 0 bridgehead atoms. The van der Waals surface area contributed by atoms with Gasteiger partial charge in [0.25, 0.3) is 5.56 Å². The van der Waals surface area contributed by atoms with Gasteiger partial charge in [0, 0.05) is 12.3 Å². The standard InChI is InChI=1S/C10H8N2O2/c1-6(13)9-7-4-2-3-5-8(7)10(14)12-11-9/h2-5H,1H3,(H,12,14). The highest BCUT2D eigenvalue weighted by Crippen LogP contribution is 2.12. The molecule has 4 heteroatoms. The summed E-state index contributed by atoms with van der Waals surface area (Å²) in [7, 11) is 0. The predicted molar refractivity (Wildman–Crippen MR) is 52.4 cm³/mol. The summed E-state index contributed by atoms with van der Waals surface area (Å²) in [6, 6.07) is 6.91.